The lowest BCUT2D eigenvalue weighted by atomic mass is 10.2. The summed E-state index contributed by atoms with van der Waals surface area (Å²) < 4.78 is 0.820. The molecule has 150 valence electrons. The highest BCUT2D eigenvalue weighted by molar-refractivity contribution is 7.20. The number of thiophene rings is 1. The van der Waals surface area contributed by atoms with Gasteiger partial charge in [-0.15, -0.1) is 11.3 Å². The molecule has 0 saturated carbocycles. The van der Waals surface area contributed by atoms with Crippen molar-refractivity contribution in [3.05, 3.63) is 81.4 Å². The van der Waals surface area contributed by atoms with Gasteiger partial charge in [0.2, 0.25) is 0 Å². The van der Waals surface area contributed by atoms with E-state index in [1.807, 2.05) is 30.3 Å². The highest BCUT2D eigenvalue weighted by atomic mass is 35.5. The Balaban J connectivity index is 1.40. The van der Waals surface area contributed by atoms with Gasteiger partial charge in [0, 0.05) is 23.6 Å². The summed E-state index contributed by atoms with van der Waals surface area (Å²) in [5.74, 6) is 1.60. The zero-order valence-corrected chi connectivity index (χ0v) is 17.6. The summed E-state index contributed by atoms with van der Waals surface area (Å²) in [5.41, 5.74) is 1.78. The van der Waals surface area contributed by atoms with Crippen LogP contribution in [0.1, 0.15) is 10.4 Å². The van der Waals surface area contributed by atoms with E-state index in [0.717, 1.165) is 17.0 Å². The quantitative estimate of drug-likeness (QED) is 0.330. The largest absolute Gasteiger partial charge is 0.340 e. The van der Waals surface area contributed by atoms with Gasteiger partial charge in [0.25, 0.3) is 5.91 Å². The molecule has 0 spiro atoms. The first-order valence-corrected chi connectivity index (χ1v) is 10.3. The molecule has 3 heterocycles. The lowest BCUT2D eigenvalue weighted by molar-refractivity contribution is 0.102. The van der Waals surface area contributed by atoms with Gasteiger partial charge in [-0.2, -0.15) is 0 Å². The highest BCUT2D eigenvalue weighted by Crippen LogP contribution is 2.31. The van der Waals surface area contributed by atoms with E-state index in [9.17, 15) is 4.79 Å². The summed E-state index contributed by atoms with van der Waals surface area (Å²) in [4.78, 5) is 24.9. The smallest absolute Gasteiger partial charge is 0.258 e. The molecule has 10 heteroatoms. The number of carbonyl (C=O) groups excluding carboxylic acids is 1. The van der Waals surface area contributed by atoms with Crippen molar-refractivity contribution in [2.24, 2.45) is 0 Å². The second-order valence-corrected chi connectivity index (χ2v) is 8.31. The SMILES string of the molecule is O=C(Nc1ccc(Nc2cc(Nc3ccccn3)ncn2)cc1)c1cc(Cl)sc1Cl. The molecule has 0 aliphatic heterocycles. The minimum Gasteiger partial charge on any atom is -0.340 e. The van der Waals surface area contributed by atoms with Crippen molar-refractivity contribution in [1.29, 1.82) is 0 Å². The Hall–Kier alpha value is -3.20. The van der Waals surface area contributed by atoms with E-state index in [4.69, 9.17) is 23.2 Å². The van der Waals surface area contributed by atoms with Crippen LogP contribution in [0.4, 0.5) is 28.8 Å². The van der Waals surface area contributed by atoms with Crippen LogP contribution in [-0.4, -0.2) is 20.9 Å². The first kappa shape index (κ1) is 20.1. The molecule has 0 aliphatic carbocycles. The summed E-state index contributed by atoms with van der Waals surface area (Å²) in [6.45, 7) is 0. The Bertz CT molecular complexity index is 1170. The van der Waals surface area contributed by atoms with Crippen LogP contribution in [-0.2, 0) is 0 Å². The van der Waals surface area contributed by atoms with Crippen molar-refractivity contribution >= 4 is 69.3 Å². The molecular weight excluding hydrogens is 443 g/mol. The van der Waals surface area contributed by atoms with Crippen molar-refractivity contribution < 1.29 is 4.79 Å². The van der Waals surface area contributed by atoms with E-state index in [1.165, 1.54) is 6.33 Å². The van der Waals surface area contributed by atoms with Crippen molar-refractivity contribution in [1.82, 2.24) is 15.0 Å². The summed E-state index contributed by atoms with van der Waals surface area (Å²) >= 11 is 13.1. The number of pyridine rings is 1. The van der Waals surface area contributed by atoms with Crippen LogP contribution < -0.4 is 16.0 Å². The van der Waals surface area contributed by atoms with Crippen LogP contribution in [0.2, 0.25) is 8.67 Å². The first-order chi connectivity index (χ1) is 14.6. The number of aromatic nitrogens is 3. The van der Waals surface area contributed by atoms with Gasteiger partial charge in [0.05, 0.1) is 9.90 Å². The normalized spacial score (nSPS) is 10.5. The third-order valence-corrected chi connectivity index (χ3v) is 5.39. The van der Waals surface area contributed by atoms with Gasteiger partial charge in [-0.3, -0.25) is 4.79 Å². The van der Waals surface area contributed by atoms with Crippen molar-refractivity contribution in [2.45, 2.75) is 0 Å². The Morgan fingerprint density at radius 2 is 1.57 bits per heavy atom. The number of hydrogen-bond acceptors (Lipinski definition) is 7. The van der Waals surface area contributed by atoms with E-state index < -0.39 is 0 Å². The first-order valence-electron chi connectivity index (χ1n) is 8.70. The average Bonchev–Trinajstić information content (AvgIpc) is 3.09. The number of nitrogens with zero attached hydrogens (tertiary/aromatic N) is 3. The Morgan fingerprint density at radius 1 is 0.833 bits per heavy atom. The standard InChI is InChI=1S/C20H14Cl2N6OS/c21-15-9-14(19(22)30-15)20(29)27-13-6-4-12(5-7-13)26-17-10-18(25-11-24-17)28-16-3-1-2-8-23-16/h1-11H,(H,27,29)(H2,23,24,25,26,28). The topological polar surface area (TPSA) is 91.8 Å². The van der Waals surface area contributed by atoms with Crippen LogP contribution in [0.5, 0.6) is 0 Å². The molecule has 0 unspecified atom stereocenters. The maximum absolute atomic E-state index is 12.3. The van der Waals surface area contributed by atoms with E-state index in [1.54, 1.807) is 30.5 Å². The summed E-state index contributed by atoms with van der Waals surface area (Å²) in [6.07, 6.45) is 3.15. The second-order valence-electron chi connectivity index (χ2n) is 6.02. The van der Waals surface area contributed by atoms with Gasteiger partial charge < -0.3 is 16.0 Å². The number of rotatable bonds is 6. The minimum absolute atomic E-state index is 0.315. The molecular formula is C20H14Cl2N6OS. The molecule has 30 heavy (non-hydrogen) atoms. The molecule has 0 saturated heterocycles. The predicted molar refractivity (Wildman–Crippen MR) is 122 cm³/mol. The molecule has 1 amide bonds. The van der Waals surface area contributed by atoms with Crippen molar-refractivity contribution in [3.63, 3.8) is 0 Å². The molecule has 0 bridgehead atoms. The van der Waals surface area contributed by atoms with Gasteiger partial charge >= 0.3 is 0 Å². The number of carbonyl (C=O) groups is 1. The molecule has 0 radical (unpaired) electrons. The Morgan fingerprint density at radius 3 is 2.23 bits per heavy atom. The number of benzene rings is 1. The number of nitrogens with one attached hydrogen (secondary N) is 3. The lowest BCUT2D eigenvalue weighted by Gasteiger charge is -2.09. The maximum Gasteiger partial charge on any atom is 0.258 e. The maximum atomic E-state index is 12.3. The van der Waals surface area contributed by atoms with Crippen LogP contribution in [0, 0.1) is 0 Å². The van der Waals surface area contributed by atoms with E-state index >= 15 is 0 Å². The fraction of sp³-hybridized carbons (Fsp3) is 0. The number of amides is 1. The van der Waals surface area contributed by atoms with Crippen LogP contribution in [0.25, 0.3) is 0 Å². The minimum atomic E-state index is -0.315. The molecule has 0 atom stereocenters. The Labute approximate surface area is 186 Å². The molecule has 1 aromatic carbocycles. The summed E-state index contributed by atoms with van der Waals surface area (Å²) in [6, 6.07) is 16.1. The zero-order valence-electron chi connectivity index (χ0n) is 15.3. The van der Waals surface area contributed by atoms with Gasteiger partial charge in [0.1, 0.15) is 28.1 Å². The average molecular weight is 457 g/mol. The van der Waals surface area contributed by atoms with E-state index in [2.05, 4.69) is 30.9 Å². The van der Waals surface area contributed by atoms with E-state index in [0.29, 0.717) is 37.4 Å². The molecule has 0 aliphatic rings. The second kappa shape index (κ2) is 9.08. The number of halogens is 2. The van der Waals surface area contributed by atoms with Crippen LogP contribution in [0.3, 0.4) is 0 Å². The molecule has 7 nitrogen and oxygen atoms in total. The van der Waals surface area contributed by atoms with E-state index in [-0.39, 0.29) is 5.91 Å². The van der Waals surface area contributed by atoms with Gasteiger partial charge in [0.15, 0.2) is 0 Å². The molecule has 4 rings (SSSR count). The van der Waals surface area contributed by atoms with Crippen molar-refractivity contribution in [3.8, 4) is 0 Å². The van der Waals surface area contributed by atoms with Gasteiger partial charge in [-0.25, -0.2) is 15.0 Å². The van der Waals surface area contributed by atoms with Crippen LogP contribution in [0.15, 0.2) is 67.1 Å². The summed E-state index contributed by atoms with van der Waals surface area (Å²) in [7, 11) is 0. The molecule has 3 aromatic heterocycles. The third-order valence-electron chi connectivity index (χ3n) is 3.90. The number of anilines is 5. The Kier molecular flexibility index (Phi) is 6.08. The van der Waals surface area contributed by atoms with Crippen LogP contribution >= 0.6 is 34.5 Å². The number of hydrogen-bond donors (Lipinski definition) is 3. The molecule has 4 aromatic rings. The molecule has 3 N–H and O–H groups in total. The third kappa shape index (κ3) is 5.04. The summed E-state index contributed by atoms with van der Waals surface area (Å²) in [5, 5.41) is 9.10. The predicted octanol–water partition coefficient (Wildman–Crippen LogP) is 5.98. The monoisotopic (exact) mass is 456 g/mol. The molecule has 0 fully saturated rings. The van der Waals surface area contributed by atoms with Gasteiger partial charge in [-0.1, -0.05) is 29.3 Å². The fourth-order valence-electron chi connectivity index (χ4n) is 2.54. The fourth-order valence-corrected chi connectivity index (χ4v) is 4.00. The van der Waals surface area contributed by atoms with Crippen molar-refractivity contribution in [2.75, 3.05) is 16.0 Å². The zero-order chi connectivity index (χ0) is 20.9. The van der Waals surface area contributed by atoms with Gasteiger partial charge in [-0.05, 0) is 42.5 Å². The lowest BCUT2D eigenvalue weighted by Crippen LogP contribution is -2.11. The highest BCUT2D eigenvalue weighted by Gasteiger charge is 2.14.